The molecule has 0 saturated heterocycles. The van der Waals surface area contributed by atoms with Gasteiger partial charge in [0.25, 0.3) is 5.91 Å². The minimum Gasteiger partial charge on any atom is -0.362 e. The number of amides is 1. The lowest BCUT2D eigenvalue weighted by Gasteiger charge is -2.33. The van der Waals surface area contributed by atoms with E-state index in [1.165, 1.54) is 0 Å². The average Bonchev–Trinajstić information content (AvgIpc) is 3.08. The second kappa shape index (κ2) is 8.26. The van der Waals surface area contributed by atoms with Crippen molar-refractivity contribution in [1.29, 1.82) is 0 Å². The van der Waals surface area contributed by atoms with Crippen molar-refractivity contribution in [2.24, 2.45) is 0 Å². The van der Waals surface area contributed by atoms with Crippen LogP contribution in [0.25, 0.3) is 0 Å². The number of nitrogens with one attached hydrogen (secondary N) is 2. The van der Waals surface area contributed by atoms with Crippen LogP contribution in [0.5, 0.6) is 0 Å². The molecule has 3 aromatic rings. The van der Waals surface area contributed by atoms with Crippen molar-refractivity contribution in [3.63, 3.8) is 0 Å². The number of aryl methyl sites for hydroxylation is 1. The van der Waals surface area contributed by atoms with Gasteiger partial charge >= 0.3 is 6.18 Å². The molecule has 1 aliphatic heterocycles. The predicted octanol–water partition coefficient (Wildman–Crippen LogP) is 5.44. The van der Waals surface area contributed by atoms with Crippen LogP contribution in [0.3, 0.4) is 0 Å². The van der Waals surface area contributed by atoms with Gasteiger partial charge in [-0.2, -0.15) is 18.3 Å². The summed E-state index contributed by atoms with van der Waals surface area (Å²) in [6, 6.07) is 13.9. The maximum absolute atomic E-state index is 13.9. The van der Waals surface area contributed by atoms with Crippen LogP contribution in [-0.2, 0) is 6.54 Å². The van der Waals surface area contributed by atoms with E-state index in [-0.39, 0.29) is 29.5 Å². The van der Waals surface area contributed by atoms with E-state index in [2.05, 4.69) is 15.7 Å². The van der Waals surface area contributed by atoms with Gasteiger partial charge in [0.15, 0.2) is 11.7 Å². The molecule has 9 heteroatoms. The molecule has 0 radical (unpaired) electrons. The fraction of sp³-hybridized carbons (Fsp3) is 0.273. The summed E-state index contributed by atoms with van der Waals surface area (Å²) >= 11 is 6.34. The van der Waals surface area contributed by atoms with Gasteiger partial charge in [0, 0.05) is 13.0 Å². The molecule has 2 aromatic carbocycles. The number of nitrogens with zero attached hydrogens (tertiary/aromatic N) is 2. The summed E-state index contributed by atoms with van der Waals surface area (Å²) in [5.74, 6) is -0.643. The van der Waals surface area contributed by atoms with E-state index in [0.717, 1.165) is 15.8 Å². The van der Waals surface area contributed by atoms with Gasteiger partial charge in [-0.3, -0.25) is 4.79 Å². The van der Waals surface area contributed by atoms with Crippen LogP contribution in [0.2, 0.25) is 5.02 Å². The maximum Gasteiger partial charge on any atom is 0.410 e. The van der Waals surface area contributed by atoms with Crippen LogP contribution in [0.4, 0.5) is 19.0 Å². The van der Waals surface area contributed by atoms with E-state index in [9.17, 15) is 18.0 Å². The quantitative estimate of drug-likeness (QED) is 0.559. The van der Waals surface area contributed by atoms with Gasteiger partial charge in [-0.1, -0.05) is 71.8 Å². The normalized spacial score (nSPS) is 18.2. The second-order valence-electron chi connectivity index (χ2n) is 7.52. The smallest absolute Gasteiger partial charge is 0.362 e. The summed E-state index contributed by atoms with van der Waals surface area (Å²) in [4.78, 5) is 12.6. The van der Waals surface area contributed by atoms with Gasteiger partial charge in [-0.15, -0.1) is 0 Å². The van der Waals surface area contributed by atoms with Gasteiger partial charge in [0.1, 0.15) is 10.8 Å². The first-order valence-corrected chi connectivity index (χ1v) is 10.1. The Hall–Kier alpha value is -3.00. The fourth-order valence-corrected chi connectivity index (χ4v) is 3.88. The van der Waals surface area contributed by atoms with Crippen LogP contribution in [0.15, 0.2) is 54.6 Å². The lowest BCUT2D eigenvalue weighted by molar-refractivity contribution is -0.173. The molecule has 2 heterocycles. The van der Waals surface area contributed by atoms with Crippen molar-refractivity contribution in [2.75, 3.05) is 5.32 Å². The van der Waals surface area contributed by atoms with Gasteiger partial charge in [-0.25, -0.2) is 4.68 Å². The van der Waals surface area contributed by atoms with Crippen molar-refractivity contribution in [1.82, 2.24) is 15.1 Å². The van der Waals surface area contributed by atoms with Crippen molar-refractivity contribution >= 4 is 23.3 Å². The third kappa shape index (κ3) is 4.39. The van der Waals surface area contributed by atoms with Gasteiger partial charge < -0.3 is 10.6 Å². The number of hydrogen-bond donors (Lipinski definition) is 2. The fourth-order valence-electron chi connectivity index (χ4n) is 3.61. The largest absolute Gasteiger partial charge is 0.410 e. The predicted molar refractivity (Wildman–Crippen MR) is 112 cm³/mol. The van der Waals surface area contributed by atoms with E-state index in [0.29, 0.717) is 5.56 Å². The molecule has 0 fully saturated rings. The number of carbonyl (C=O) groups excluding carboxylic acids is 1. The highest BCUT2D eigenvalue weighted by molar-refractivity contribution is 6.36. The molecule has 2 N–H and O–H groups in total. The topological polar surface area (TPSA) is 59.0 Å². The van der Waals surface area contributed by atoms with Gasteiger partial charge in [-0.05, 0) is 18.1 Å². The molecule has 0 saturated carbocycles. The molecule has 2 atom stereocenters. The molecule has 0 spiro atoms. The van der Waals surface area contributed by atoms with E-state index in [1.807, 2.05) is 49.4 Å². The average molecular weight is 449 g/mol. The van der Waals surface area contributed by atoms with Crippen LogP contribution in [0, 0.1) is 6.92 Å². The number of hydrogen-bond acceptors (Lipinski definition) is 3. The van der Waals surface area contributed by atoms with Crippen LogP contribution in [-0.4, -0.2) is 21.9 Å². The minimum atomic E-state index is -4.55. The van der Waals surface area contributed by atoms with Crippen molar-refractivity contribution in [3.05, 3.63) is 82.0 Å². The number of benzene rings is 2. The molecule has 1 aliphatic rings. The number of anilines is 1. The van der Waals surface area contributed by atoms with Crippen LogP contribution < -0.4 is 10.6 Å². The number of carbonyl (C=O) groups is 1. The Morgan fingerprint density at radius 1 is 1.19 bits per heavy atom. The highest BCUT2D eigenvalue weighted by atomic mass is 35.5. The Bertz CT molecular complexity index is 1080. The third-order valence-electron chi connectivity index (χ3n) is 5.29. The van der Waals surface area contributed by atoms with Gasteiger partial charge in [0.2, 0.25) is 0 Å². The summed E-state index contributed by atoms with van der Waals surface area (Å²) in [6.07, 6.45) is -4.81. The molecule has 1 aromatic heterocycles. The summed E-state index contributed by atoms with van der Waals surface area (Å²) < 4.78 is 42.3. The summed E-state index contributed by atoms with van der Waals surface area (Å²) in [5.41, 5.74) is 2.33. The Balaban J connectivity index is 1.64. The number of fused-ring (bicyclic) bond motifs is 1. The number of rotatable bonds is 4. The van der Waals surface area contributed by atoms with Crippen LogP contribution >= 0.6 is 11.6 Å². The third-order valence-corrected chi connectivity index (χ3v) is 5.64. The molecule has 1 amide bonds. The first-order chi connectivity index (χ1) is 14.7. The molecule has 31 heavy (non-hydrogen) atoms. The molecule has 162 valence electrons. The van der Waals surface area contributed by atoms with E-state index in [4.69, 9.17) is 11.6 Å². The van der Waals surface area contributed by atoms with E-state index < -0.39 is 24.2 Å². The monoisotopic (exact) mass is 448 g/mol. The summed E-state index contributed by atoms with van der Waals surface area (Å²) in [5, 5.41) is 9.52. The Kier molecular flexibility index (Phi) is 5.66. The summed E-state index contributed by atoms with van der Waals surface area (Å²) in [7, 11) is 0. The highest BCUT2D eigenvalue weighted by Gasteiger charge is 2.47. The second-order valence-corrected chi connectivity index (χ2v) is 7.90. The zero-order valence-electron chi connectivity index (χ0n) is 16.6. The standard InChI is InChI=1S/C22H20ClF3N4O/c1-13-7-9-15(10-8-13)16-11-17(22(24,25)26)30-20(28-16)18(23)19(29-30)21(31)27-12-14-5-3-2-4-6-14/h2-10,16-17,28H,11-12H2,1H3,(H,27,31)/t16-,17+/m1/s1. The number of halogens is 4. The highest BCUT2D eigenvalue weighted by Crippen LogP contribution is 2.46. The van der Waals surface area contributed by atoms with Crippen molar-refractivity contribution in [2.45, 2.75) is 38.1 Å². The lowest BCUT2D eigenvalue weighted by Crippen LogP contribution is -2.35. The SMILES string of the molecule is Cc1ccc([C@H]2C[C@@H](C(F)(F)F)n3nc(C(=O)NCc4ccccc4)c(Cl)c3N2)cc1. The van der Waals surface area contributed by atoms with Gasteiger partial charge in [0.05, 0.1) is 6.04 Å². The molecule has 0 bridgehead atoms. The first kappa shape index (κ1) is 21.2. The molecule has 5 nitrogen and oxygen atoms in total. The maximum atomic E-state index is 13.9. The zero-order valence-corrected chi connectivity index (χ0v) is 17.3. The zero-order chi connectivity index (χ0) is 22.2. The van der Waals surface area contributed by atoms with E-state index in [1.54, 1.807) is 12.1 Å². The number of alkyl halides is 3. The molecular weight excluding hydrogens is 429 g/mol. The molecular formula is C22H20ClF3N4O. The van der Waals surface area contributed by atoms with Crippen molar-refractivity contribution < 1.29 is 18.0 Å². The Morgan fingerprint density at radius 3 is 2.52 bits per heavy atom. The van der Waals surface area contributed by atoms with E-state index >= 15 is 0 Å². The van der Waals surface area contributed by atoms with Crippen molar-refractivity contribution in [3.8, 4) is 0 Å². The Morgan fingerprint density at radius 2 is 1.87 bits per heavy atom. The molecule has 4 rings (SSSR count). The Labute approximate surface area is 182 Å². The minimum absolute atomic E-state index is 0.00863. The number of aromatic nitrogens is 2. The molecule has 0 unspecified atom stereocenters. The molecule has 0 aliphatic carbocycles. The lowest BCUT2D eigenvalue weighted by atomic mass is 9.96. The van der Waals surface area contributed by atoms with Crippen LogP contribution in [0.1, 0.15) is 45.7 Å². The summed E-state index contributed by atoms with van der Waals surface area (Å²) in [6.45, 7) is 2.11. The first-order valence-electron chi connectivity index (χ1n) is 9.74.